The van der Waals surface area contributed by atoms with E-state index in [1.54, 1.807) is 12.1 Å². The van der Waals surface area contributed by atoms with E-state index < -0.39 is 11.7 Å². The second-order valence-corrected chi connectivity index (χ2v) is 3.03. The number of hydrogen-bond acceptors (Lipinski definition) is 3. The molecule has 0 saturated carbocycles. The van der Waals surface area contributed by atoms with Crippen molar-refractivity contribution in [3.8, 4) is 0 Å². The number of para-hydroxylation sites is 1. The maximum absolute atomic E-state index is 10.6. The van der Waals surface area contributed by atoms with Gasteiger partial charge in [0.15, 0.2) is 0 Å². The minimum absolute atomic E-state index is 0.359. The molecular formula is C10H9NO3. The van der Waals surface area contributed by atoms with Crippen molar-refractivity contribution in [3.63, 3.8) is 0 Å². The van der Waals surface area contributed by atoms with E-state index in [9.17, 15) is 9.90 Å². The minimum atomic E-state index is -1.29. The zero-order valence-corrected chi connectivity index (χ0v) is 7.32. The Morgan fingerprint density at radius 3 is 2.71 bits per heavy atom. The fourth-order valence-corrected chi connectivity index (χ4v) is 1.52. The zero-order valence-electron chi connectivity index (χ0n) is 7.32. The van der Waals surface area contributed by atoms with E-state index in [0.29, 0.717) is 12.1 Å². The van der Waals surface area contributed by atoms with Gasteiger partial charge in [-0.3, -0.25) is 0 Å². The summed E-state index contributed by atoms with van der Waals surface area (Å²) in [5.74, 6) is -1.87. The molecule has 3 N–H and O–H groups in total. The fraction of sp³-hybridized carbons (Fsp3) is 0.100. The van der Waals surface area contributed by atoms with Crippen molar-refractivity contribution in [1.29, 1.82) is 0 Å². The first kappa shape index (κ1) is 8.62. The van der Waals surface area contributed by atoms with E-state index in [0.717, 1.165) is 11.3 Å². The number of hydrogen-bond donors (Lipinski definition) is 3. The monoisotopic (exact) mass is 191 g/mol. The third-order valence-corrected chi connectivity index (χ3v) is 2.20. The van der Waals surface area contributed by atoms with Crippen LogP contribution in [0.5, 0.6) is 0 Å². The number of carboxylic acids is 1. The molecular weight excluding hydrogens is 182 g/mol. The summed E-state index contributed by atoms with van der Waals surface area (Å²) in [6.07, 6.45) is 0. The third kappa shape index (κ3) is 1.21. The number of nitrogens with one attached hydrogen (secondary N) is 1. The number of benzene rings is 1. The highest BCUT2D eigenvalue weighted by Crippen LogP contribution is 2.31. The van der Waals surface area contributed by atoms with Gasteiger partial charge in [-0.15, -0.1) is 0 Å². The lowest BCUT2D eigenvalue weighted by Crippen LogP contribution is -2.04. The van der Waals surface area contributed by atoms with E-state index in [-0.39, 0.29) is 0 Å². The fourth-order valence-electron chi connectivity index (χ4n) is 1.52. The van der Waals surface area contributed by atoms with E-state index in [4.69, 9.17) is 5.11 Å². The molecule has 0 bridgehead atoms. The summed E-state index contributed by atoms with van der Waals surface area (Å²) in [5.41, 5.74) is 2.05. The Morgan fingerprint density at radius 2 is 2.00 bits per heavy atom. The molecule has 4 heteroatoms. The van der Waals surface area contributed by atoms with Crippen molar-refractivity contribution in [2.24, 2.45) is 0 Å². The van der Waals surface area contributed by atoms with Crippen LogP contribution in [0.4, 0.5) is 5.69 Å². The van der Waals surface area contributed by atoms with Gasteiger partial charge < -0.3 is 15.5 Å². The maximum atomic E-state index is 10.6. The molecule has 0 unspecified atom stereocenters. The molecule has 1 aliphatic heterocycles. The normalized spacial score (nSPS) is 17.1. The molecule has 1 aromatic carbocycles. The van der Waals surface area contributed by atoms with Crippen molar-refractivity contribution in [3.05, 3.63) is 35.6 Å². The molecule has 0 radical (unpaired) electrons. The smallest absolute Gasteiger partial charge is 0.371 e. The van der Waals surface area contributed by atoms with Gasteiger partial charge >= 0.3 is 5.97 Å². The van der Waals surface area contributed by atoms with Gasteiger partial charge in [-0.25, -0.2) is 4.79 Å². The predicted molar refractivity (Wildman–Crippen MR) is 52.1 cm³/mol. The van der Waals surface area contributed by atoms with Crippen molar-refractivity contribution in [2.45, 2.75) is 0 Å². The van der Waals surface area contributed by atoms with Gasteiger partial charge in [0.2, 0.25) is 5.76 Å². The van der Waals surface area contributed by atoms with Gasteiger partial charge in [-0.2, -0.15) is 0 Å². The van der Waals surface area contributed by atoms with Gasteiger partial charge in [0, 0.05) is 23.4 Å². The average molecular weight is 191 g/mol. The van der Waals surface area contributed by atoms with Crippen LogP contribution in [0.3, 0.4) is 0 Å². The number of aliphatic hydroxyl groups excluding tert-OH is 1. The molecule has 2 rings (SSSR count). The van der Waals surface area contributed by atoms with Crippen molar-refractivity contribution >= 4 is 17.2 Å². The number of aliphatic carboxylic acids is 1. The highest BCUT2D eigenvalue weighted by molar-refractivity contribution is 5.98. The Bertz CT molecular complexity index is 423. The summed E-state index contributed by atoms with van der Waals surface area (Å²) in [5, 5.41) is 21.0. The number of carboxylic acid groups (broad SMARTS) is 1. The summed E-state index contributed by atoms with van der Waals surface area (Å²) in [4.78, 5) is 10.6. The predicted octanol–water partition coefficient (Wildman–Crippen LogP) is 1.47. The number of rotatable bonds is 1. The minimum Gasteiger partial charge on any atom is -0.502 e. The van der Waals surface area contributed by atoms with Gasteiger partial charge in [-0.1, -0.05) is 18.2 Å². The second kappa shape index (κ2) is 3.06. The van der Waals surface area contributed by atoms with Crippen LogP contribution >= 0.6 is 0 Å². The first-order valence-corrected chi connectivity index (χ1v) is 4.19. The van der Waals surface area contributed by atoms with Gasteiger partial charge in [0.05, 0.1) is 0 Å². The van der Waals surface area contributed by atoms with E-state index in [2.05, 4.69) is 5.32 Å². The van der Waals surface area contributed by atoms with Crippen LogP contribution in [0.15, 0.2) is 30.0 Å². The average Bonchev–Trinajstić information content (AvgIpc) is 2.60. The zero-order chi connectivity index (χ0) is 10.1. The molecule has 0 amide bonds. The quantitative estimate of drug-likeness (QED) is 0.464. The standard InChI is InChI=1S/C10H9NO3/c12-9(10(13)14)7-5-11-8-4-2-1-3-6(7)8/h1-4,11-12H,5H2,(H,13,14). The Labute approximate surface area is 80.5 Å². The van der Waals surface area contributed by atoms with Crippen LogP contribution in [0.2, 0.25) is 0 Å². The molecule has 0 aromatic heterocycles. The second-order valence-electron chi connectivity index (χ2n) is 3.03. The molecule has 1 aliphatic rings. The molecule has 0 saturated heterocycles. The van der Waals surface area contributed by atoms with Crippen LogP contribution in [0, 0.1) is 0 Å². The highest BCUT2D eigenvalue weighted by atomic mass is 16.4. The molecule has 0 aliphatic carbocycles. The topological polar surface area (TPSA) is 69.6 Å². The van der Waals surface area contributed by atoms with Gasteiger partial charge in [-0.05, 0) is 6.07 Å². The molecule has 0 atom stereocenters. The summed E-state index contributed by atoms with van der Waals surface area (Å²) >= 11 is 0. The van der Waals surface area contributed by atoms with Crippen LogP contribution in [-0.2, 0) is 4.79 Å². The molecule has 0 spiro atoms. The van der Waals surface area contributed by atoms with Crippen molar-refractivity contribution in [1.82, 2.24) is 0 Å². The summed E-state index contributed by atoms with van der Waals surface area (Å²) in [6.45, 7) is 0.359. The van der Waals surface area contributed by atoms with Crippen LogP contribution < -0.4 is 5.32 Å². The highest BCUT2D eigenvalue weighted by Gasteiger charge is 2.21. The molecule has 0 fully saturated rings. The lowest BCUT2D eigenvalue weighted by Gasteiger charge is -1.99. The van der Waals surface area contributed by atoms with E-state index in [1.165, 1.54) is 0 Å². The van der Waals surface area contributed by atoms with Crippen LogP contribution in [-0.4, -0.2) is 22.7 Å². The molecule has 1 aromatic rings. The maximum Gasteiger partial charge on any atom is 0.371 e. The first-order chi connectivity index (χ1) is 6.70. The molecule has 4 nitrogen and oxygen atoms in total. The number of aliphatic hydroxyl groups is 1. The SMILES string of the molecule is O=C(O)C(O)=C1CNc2ccccc21. The third-order valence-electron chi connectivity index (χ3n) is 2.20. The van der Waals surface area contributed by atoms with Gasteiger partial charge in [0.25, 0.3) is 0 Å². The van der Waals surface area contributed by atoms with Crippen LogP contribution in [0.1, 0.15) is 5.56 Å². The number of carbonyl (C=O) groups is 1. The Balaban J connectivity index is 2.54. The molecule has 1 heterocycles. The van der Waals surface area contributed by atoms with Crippen molar-refractivity contribution < 1.29 is 15.0 Å². The Morgan fingerprint density at radius 1 is 1.29 bits per heavy atom. The van der Waals surface area contributed by atoms with E-state index >= 15 is 0 Å². The molecule has 72 valence electrons. The first-order valence-electron chi connectivity index (χ1n) is 4.19. The lowest BCUT2D eigenvalue weighted by atomic mass is 10.1. The Hall–Kier alpha value is -1.97. The number of fused-ring (bicyclic) bond motifs is 1. The molecule has 14 heavy (non-hydrogen) atoms. The van der Waals surface area contributed by atoms with Crippen LogP contribution in [0.25, 0.3) is 5.57 Å². The van der Waals surface area contributed by atoms with Crippen molar-refractivity contribution in [2.75, 3.05) is 11.9 Å². The van der Waals surface area contributed by atoms with E-state index in [1.807, 2.05) is 12.1 Å². The summed E-state index contributed by atoms with van der Waals surface area (Å²) in [7, 11) is 0. The number of anilines is 1. The Kier molecular flexibility index (Phi) is 1.89. The lowest BCUT2D eigenvalue weighted by molar-refractivity contribution is -0.135. The summed E-state index contributed by atoms with van der Waals surface area (Å²) in [6, 6.07) is 7.29. The largest absolute Gasteiger partial charge is 0.502 e. The summed E-state index contributed by atoms with van der Waals surface area (Å²) < 4.78 is 0. The van der Waals surface area contributed by atoms with Gasteiger partial charge in [0.1, 0.15) is 0 Å².